The fourth-order valence-corrected chi connectivity index (χ4v) is 3.13. The van der Waals surface area contributed by atoms with Crippen molar-refractivity contribution in [1.82, 2.24) is 14.9 Å². The number of carbonyl (C=O) groups is 2. The highest BCUT2D eigenvalue weighted by atomic mass is 35.5. The fraction of sp³-hybridized carbons (Fsp3) is 0.579. The Labute approximate surface area is 169 Å². The van der Waals surface area contributed by atoms with Crippen molar-refractivity contribution in [2.75, 3.05) is 40.3 Å². The van der Waals surface area contributed by atoms with Crippen LogP contribution in [0.2, 0.25) is 5.02 Å². The van der Waals surface area contributed by atoms with E-state index >= 15 is 0 Å². The van der Waals surface area contributed by atoms with Gasteiger partial charge in [-0.15, -0.1) is 0 Å². The normalized spacial score (nSPS) is 16.6. The fourth-order valence-electron chi connectivity index (χ4n) is 2.94. The number of hydrogen-bond acceptors (Lipinski definition) is 5. The minimum Gasteiger partial charge on any atom is -0.444 e. The predicted molar refractivity (Wildman–Crippen MR) is 103 cm³/mol. The second-order valence-corrected chi connectivity index (χ2v) is 8.00. The molecule has 0 aromatic heterocycles. The Kier molecular flexibility index (Phi) is 7.25. The SMILES string of the molecule is CON(C)C(=O)C(c1ccc(F)c(Cl)c1)N1CCN(C(=O)OC(C)(C)C)CC1. The molecule has 0 spiro atoms. The zero-order chi connectivity index (χ0) is 21.1. The van der Waals surface area contributed by atoms with Gasteiger partial charge in [0.1, 0.15) is 17.5 Å². The average Bonchev–Trinajstić information content (AvgIpc) is 2.63. The summed E-state index contributed by atoms with van der Waals surface area (Å²) in [5.74, 6) is -0.859. The summed E-state index contributed by atoms with van der Waals surface area (Å²) < 4.78 is 19.0. The summed E-state index contributed by atoms with van der Waals surface area (Å²) in [6.07, 6.45) is -0.381. The quantitative estimate of drug-likeness (QED) is 0.707. The first-order valence-electron chi connectivity index (χ1n) is 9.02. The Morgan fingerprint density at radius 2 is 1.82 bits per heavy atom. The van der Waals surface area contributed by atoms with Gasteiger partial charge in [-0.3, -0.25) is 14.5 Å². The van der Waals surface area contributed by atoms with Crippen molar-refractivity contribution in [1.29, 1.82) is 0 Å². The van der Waals surface area contributed by atoms with Gasteiger partial charge in [-0.2, -0.15) is 0 Å². The topological polar surface area (TPSA) is 62.3 Å². The average molecular weight is 416 g/mol. The number of benzene rings is 1. The Hall–Kier alpha value is -1.90. The van der Waals surface area contributed by atoms with Crippen molar-refractivity contribution < 1.29 is 23.6 Å². The van der Waals surface area contributed by atoms with Crippen LogP contribution in [-0.4, -0.2) is 72.8 Å². The summed E-state index contributed by atoms with van der Waals surface area (Å²) >= 11 is 5.92. The summed E-state index contributed by atoms with van der Waals surface area (Å²) in [4.78, 5) is 33.7. The van der Waals surface area contributed by atoms with Crippen molar-refractivity contribution in [3.63, 3.8) is 0 Å². The van der Waals surface area contributed by atoms with Crippen molar-refractivity contribution in [2.24, 2.45) is 0 Å². The molecule has 1 aliphatic rings. The van der Waals surface area contributed by atoms with Crippen molar-refractivity contribution in [3.05, 3.63) is 34.6 Å². The molecule has 0 aliphatic carbocycles. The third-order valence-electron chi connectivity index (χ3n) is 4.41. The van der Waals surface area contributed by atoms with Crippen molar-refractivity contribution in [3.8, 4) is 0 Å². The third-order valence-corrected chi connectivity index (χ3v) is 4.70. The molecule has 2 amide bonds. The molecule has 2 rings (SSSR count). The van der Waals surface area contributed by atoms with Gasteiger partial charge in [0.2, 0.25) is 0 Å². The lowest BCUT2D eigenvalue weighted by Gasteiger charge is -2.39. The van der Waals surface area contributed by atoms with E-state index in [1.165, 1.54) is 32.4 Å². The second kappa shape index (κ2) is 9.07. The standard InChI is InChI=1S/C19H27ClFN3O4/c1-19(2,3)28-18(26)24-10-8-23(9-11-24)16(17(25)22(4)27-5)13-6-7-15(21)14(20)12-13/h6-7,12,16H,8-11H2,1-5H3. The first-order valence-corrected chi connectivity index (χ1v) is 9.40. The number of carbonyl (C=O) groups excluding carboxylic acids is 2. The first-order chi connectivity index (χ1) is 13.0. The van der Waals surface area contributed by atoms with Gasteiger partial charge in [0.15, 0.2) is 0 Å². The molecule has 7 nitrogen and oxygen atoms in total. The molecule has 0 bridgehead atoms. The molecule has 1 fully saturated rings. The van der Waals surface area contributed by atoms with Gasteiger partial charge >= 0.3 is 6.09 Å². The number of hydrogen-bond donors (Lipinski definition) is 0. The molecule has 1 aromatic rings. The van der Waals surface area contributed by atoms with Gasteiger partial charge < -0.3 is 9.64 Å². The van der Waals surface area contributed by atoms with Crippen LogP contribution in [-0.2, 0) is 14.4 Å². The maximum Gasteiger partial charge on any atom is 0.410 e. The van der Waals surface area contributed by atoms with Crippen LogP contribution in [0, 0.1) is 5.82 Å². The minimum atomic E-state index is -0.705. The number of hydroxylamine groups is 2. The van der Waals surface area contributed by atoms with E-state index in [0.29, 0.717) is 31.7 Å². The van der Waals surface area contributed by atoms with E-state index in [2.05, 4.69) is 0 Å². The molecular weight excluding hydrogens is 389 g/mol. The maximum atomic E-state index is 13.6. The van der Waals surface area contributed by atoms with Gasteiger partial charge in [0.25, 0.3) is 5.91 Å². The number of rotatable bonds is 4. The highest BCUT2D eigenvalue weighted by Gasteiger charge is 2.35. The maximum absolute atomic E-state index is 13.6. The van der Waals surface area contributed by atoms with Crippen LogP contribution in [0.1, 0.15) is 32.4 Å². The Morgan fingerprint density at radius 3 is 2.32 bits per heavy atom. The molecule has 1 atom stereocenters. The lowest BCUT2D eigenvalue weighted by Crippen LogP contribution is -2.53. The van der Waals surface area contributed by atoms with E-state index < -0.39 is 17.5 Å². The van der Waals surface area contributed by atoms with Crippen LogP contribution >= 0.6 is 11.6 Å². The largest absolute Gasteiger partial charge is 0.444 e. The summed E-state index contributed by atoms with van der Waals surface area (Å²) in [6.45, 7) is 7.15. The molecule has 1 saturated heterocycles. The molecule has 9 heteroatoms. The van der Waals surface area contributed by atoms with Gasteiger partial charge in [-0.05, 0) is 38.5 Å². The highest BCUT2D eigenvalue weighted by molar-refractivity contribution is 6.30. The molecule has 1 aliphatic heterocycles. The van der Waals surface area contributed by atoms with Crippen molar-refractivity contribution >= 4 is 23.6 Å². The molecule has 1 heterocycles. The molecule has 0 saturated carbocycles. The Bertz CT molecular complexity index is 718. The molecule has 1 aromatic carbocycles. The van der Waals surface area contributed by atoms with Crippen LogP contribution in [0.3, 0.4) is 0 Å². The Morgan fingerprint density at radius 1 is 1.21 bits per heavy atom. The summed E-state index contributed by atoms with van der Waals surface area (Å²) in [7, 11) is 2.91. The molecule has 0 radical (unpaired) electrons. The molecule has 28 heavy (non-hydrogen) atoms. The van der Waals surface area contributed by atoms with Gasteiger partial charge in [-0.25, -0.2) is 14.2 Å². The van der Waals surface area contributed by atoms with Gasteiger partial charge in [0, 0.05) is 33.2 Å². The van der Waals surface area contributed by atoms with Crippen molar-refractivity contribution in [2.45, 2.75) is 32.4 Å². The third kappa shape index (κ3) is 5.56. The highest BCUT2D eigenvalue weighted by Crippen LogP contribution is 2.28. The zero-order valence-electron chi connectivity index (χ0n) is 16.9. The van der Waals surface area contributed by atoms with Crippen LogP contribution in [0.15, 0.2) is 18.2 Å². The van der Waals surface area contributed by atoms with Crippen LogP contribution < -0.4 is 0 Å². The van der Waals surface area contributed by atoms with E-state index in [-0.39, 0.29) is 17.0 Å². The summed E-state index contributed by atoms with van der Waals surface area (Å²) in [6, 6.07) is 3.52. The van der Waals surface area contributed by atoms with Crippen LogP contribution in [0.25, 0.3) is 0 Å². The van der Waals surface area contributed by atoms with E-state index in [9.17, 15) is 14.0 Å². The van der Waals surface area contributed by atoms with E-state index in [1.807, 2.05) is 25.7 Å². The van der Waals surface area contributed by atoms with Gasteiger partial charge in [-0.1, -0.05) is 17.7 Å². The number of halogens is 2. The lowest BCUT2D eigenvalue weighted by molar-refractivity contribution is -0.175. The molecule has 156 valence electrons. The number of piperazine rings is 1. The molecule has 0 N–H and O–H groups in total. The minimum absolute atomic E-state index is 0.0530. The van der Waals surface area contributed by atoms with E-state index in [0.717, 1.165) is 5.06 Å². The number of likely N-dealkylation sites (N-methyl/N-ethyl adjacent to an activating group) is 1. The number of nitrogens with zero attached hydrogens (tertiary/aromatic N) is 3. The van der Waals surface area contributed by atoms with E-state index in [1.54, 1.807) is 4.90 Å². The van der Waals surface area contributed by atoms with Gasteiger partial charge in [0.05, 0.1) is 12.1 Å². The summed E-state index contributed by atoms with van der Waals surface area (Å²) in [5.41, 5.74) is -0.00955. The monoisotopic (exact) mass is 415 g/mol. The smallest absolute Gasteiger partial charge is 0.410 e. The first kappa shape index (κ1) is 22.4. The van der Waals surface area contributed by atoms with Crippen LogP contribution in [0.4, 0.5) is 9.18 Å². The Balaban J connectivity index is 2.18. The second-order valence-electron chi connectivity index (χ2n) is 7.60. The van der Waals surface area contributed by atoms with Crippen LogP contribution in [0.5, 0.6) is 0 Å². The summed E-state index contributed by atoms with van der Waals surface area (Å²) in [5, 5.41) is 1.07. The number of amides is 2. The van der Waals surface area contributed by atoms with E-state index in [4.69, 9.17) is 21.2 Å². The predicted octanol–water partition coefficient (Wildman–Crippen LogP) is 3.09. The number of ether oxygens (including phenoxy) is 1. The lowest BCUT2D eigenvalue weighted by atomic mass is 10.0. The molecular formula is C19H27ClFN3O4. The zero-order valence-corrected chi connectivity index (χ0v) is 17.6. The molecule has 1 unspecified atom stereocenters.